The Bertz CT molecular complexity index is 291. The van der Waals surface area contributed by atoms with Gasteiger partial charge in [-0.2, -0.15) is 0 Å². The molecule has 1 heterocycles. The lowest BCUT2D eigenvalue weighted by molar-refractivity contribution is 0.256. The molecule has 0 bridgehead atoms. The van der Waals surface area contributed by atoms with E-state index in [2.05, 4.69) is 47.6 Å². The Morgan fingerprint density at radius 2 is 2.06 bits per heavy atom. The monoisotopic (exact) mass is 218 g/mol. The van der Waals surface area contributed by atoms with E-state index in [4.69, 9.17) is 0 Å². The molecule has 1 aliphatic heterocycles. The third kappa shape index (κ3) is 3.62. The van der Waals surface area contributed by atoms with E-state index >= 15 is 0 Å². The summed E-state index contributed by atoms with van der Waals surface area (Å²) < 4.78 is 0. The average molecular weight is 218 g/mol. The number of benzene rings is 1. The van der Waals surface area contributed by atoms with Crippen LogP contribution in [0.25, 0.3) is 0 Å². The highest BCUT2D eigenvalue weighted by molar-refractivity contribution is 5.14. The largest absolute Gasteiger partial charge is 0.313 e. The van der Waals surface area contributed by atoms with Crippen molar-refractivity contribution in [3.63, 3.8) is 0 Å². The number of nitrogens with zero attached hydrogens (tertiary/aromatic N) is 1. The molecule has 1 saturated heterocycles. The summed E-state index contributed by atoms with van der Waals surface area (Å²) in [6.45, 7) is 3.41. The second kappa shape index (κ2) is 6.02. The van der Waals surface area contributed by atoms with E-state index in [1.54, 1.807) is 0 Å². The van der Waals surface area contributed by atoms with E-state index in [0.717, 1.165) is 13.1 Å². The van der Waals surface area contributed by atoms with Crippen molar-refractivity contribution in [2.24, 2.45) is 0 Å². The molecule has 0 spiro atoms. The SMILES string of the molecule is CN(Cc1ccccc1)C[C@H]1CCCCN1. The Labute approximate surface area is 98.7 Å². The van der Waals surface area contributed by atoms with Gasteiger partial charge in [0, 0.05) is 19.1 Å². The van der Waals surface area contributed by atoms with Crippen LogP contribution in [-0.2, 0) is 6.54 Å². The van der Waals surface area contributed by atoms with Gasteiger partial charge >= 0.3 is 0 Å². The molecule has 2 heteroatoms. The van der Waals surface area contributed by atoms with Crippen molar-refractivity contribution in [1.29, 1.82) is 0 Å². The molecular weight excluding hydrogens is 196 g/mol. The topological polar surface area (TPSA) is 15.3 Å². The number of likely N-dealkylation sites (N-methyl/N-ethyl adjacent to an activating group) is 1. The van der Waals surface area contributed by atoms with Gasteiger partial charge in [-0.05, 0) is 32.0 Å². The summed E-state index contributed by atoms with van der Waals surface area (Å²) in [4.78, 5) is 2.42. The molecule has 1 aromatic rings. The normalized spacial score (nSPS) is 21.2. The molecule has 1 fully saturated rings. The molecular formula is C14H22N2. The van der Waals surface area contributed by atoms with Gasteiger partial charge in [-0.15, -0.1) is 0 Å². The van der Waals surface area contributed by atoms with Crippen molar-refractivity contribution in [1.82, 2.24) is 10.2 Å². The predicted molar refractivity (Wildman–Crippen MR) is 68.4 cm³/mol. The fourth-order valence-electron chi connectivity index (χ4n) is 2.42. The first-order valence-corrected chi connectivity index (χ1v) is 6.30. The fourth-order valence-corrected chi connectivity index (χ4v) is 2.42. The molecule has 0 aromatic heterocycles. The van der Waals surface area contributed by atoms with Gasteiger partial charge < -0.3 is 10.2 Å². The number of rotatable bonds is 4. The van der Waals surface area contributed by atoms with Gasteiger partial charge in [0.1, 0.15) is 0 Å². The number of piperidine rings is 1. The zero-order valence-corrected chi connectivity index (χ0v) is 10.2. The van der Waals surface area contributed by atoms with Gasteiger partial charge in [-0.1, -0.05) is 36.8 Å². The fraction of sp³-hybridized carbons (Fsp3) is 0.571. The second-order valence-electron chi connectivity index (χ2n) is 4.83. The van der Waals surface area contributed by atoms with Gasteiger partial charge in [0.15, 0.2) is 0 Å². The maximum absolute atomic E-state index is 3.59. The summed E-state index contributed by atoms with van der Waals surface area (Å²) in [5.41, 5.74) is 1.40. The molecule has 1 aromatic carbocycles. The van der Waals surface area contributed by atoms with E-state index in [1.807, 2.05) is 0 Å². The molecule has 88 valence electrons. The number of nitrogens with one attached hydrogen (secondary N) is 1. The van der Waals surface area contributed by atoms with Crippen LogP contribution in [-0.4, -0.2) is 31.1 Å². The summed E-state index contributed by atoms with van der Waals surface area (Å²) in [6.07, 6.45) is 4.06. The van der Waals surface area contributed by atoms with Crippen LogP contribution in [0.3, 0.4) is 0 Å². The molecule has 1 atom stereocenters. The van der Waals surface area contributed by atoms with E-state index < -0.39 is 0 Å². The van der Waals surface area contributed by atoms with Crippen LogP contribution in [0, 0.1) is 0 Å². The van der Waals surface area contributed by atoms with Crippen molar-refractivity contribution in [3.8, 4) is 0 Å². The molecule has 0 radical (unpaired) electrons. The molecule has 0 unspecified atom stereocenters. The number of hydrogen-bond donors (Lipinski definition) is 1. The summed E-state index contributed by atoms with van der Waals surface area (Å²) in [5, 5.41) is 3.59. The van der Waals surface area contributed by atoms with Crippen molar-refractivity contribution in [2.75, 3.05) is 20.1 Å². The first-order chi connectivity index (χ1) is 7.84. The lowest BCUT2D eigenvalue weighted by atomic mass is 10.0. The Hall–Kier alpha value is -0.860. The minimum Gasteiger partial charge on any atom is -0.313 e. The van der Waals surface area contributed by atoms with Crippen LogP contribution in [0.5, 0.6) is 0 Å². The highest BCUT2D eigenvalue weighted by Gasteiger charge is 2.14. The molecule has 1 N–H and O–H groups in total. The minimum atomic E-state index is 0.697. The van der Waals surface area contributed by atoms with Crippen molar-refractivity contribution >= 4 is 0 Å². The first kappa shape index (κ1) is 11.6. The predicted octanol–water partition coefficient (Wildman–Crippen LogP) is 2.26. The molecule has 1 aliphatic rings. The average Bonchev–Trinajstić information content (AvgIpc) is 2.31. The van der Waals surface area contributed by atoms with Crippen LogP contribution in [0.4, 0.5) is 0 Å². The first-order valence-electron chi connectivity index (χ1n) is 6.30. The number of hydrogen-bond acceptors (Lipinski definition) is 2. The van der Waals surface area contributed by atoms with Gasteiger partial charge in [-0.3, -0.25) is 0 Å². The lowest BCUT2D eigenvalue weighted by Crippen LogP contribution is -2.42. The highest BCUT2D eigenvalue weighted by Crippen LogP contribution is 2.09. The van der Waals surface area contributed by atoms with Gasteiger partial charge in [0.25, 0.3) is 0 Å². The maximum atomic E-state index is 3.59. The molecule has 0 saturated carbocycles. The zero-order valence-electron chi connectivity index (χ0n) is 10.2. The van der Waals surface area contributed by atoms with Crippen LogP contribution < -0.4 is 5.32 Å². The van der Waals surface area contributed by atoms with Gasteiger partial charge in [-0.25, -0.2) is 0 Å². The molecule has 0 aliphatic carbocycles. The molecule has 2 nitrogen and oxygen atoms in total. The van der Waals surface area contributed by atoms with E-state index in [9.17, 15) is 0 Å². The van der Waals surface area contributed by atoms with Crippen LogP contribution >= 0.6 is 0 Å². The minimum absolute atomic E-state index is 0.697. The molecule has 2 rings (SSSR count). The van der Waals surface area contributed by atoms with E-state index in [-0.39, 0.29) is 0 Å². The standard InChI is InChI=1S/C14H22N2/c1-16(11-13-7-3-2-4-8-13)12-14-9-5-6-10-15-14/h2-4,7-8,14-15H,5-6,9-12H2,1H3/t14-/m1/s1. The quantitative estimate of drug-likeness (QED) is 0.834. The van der Waals surface area contributed by atoms with Crippen molar-refractivity contribution in [2.45, 2.75) is 31.8 Å². The third-order valence-electron chi connectivity index (χ3n) is 3.24. The molecule has 16 heavy (non-hydrogen) atoms. The Morgan fingerprint density at radius 1 is 1.25 bits per heavy atom. The third-order valence-corrected chi connectivity index (χ3v) is 3.24. The summed E-state index contributed by atoms with van der Waals surface area (Å²) in [5.74, 6) is 0. The Balaban J connectivity index is 1.77. The summed E-state index contributed by atoms with van der Waals surface area (Å²) >= 11 is 0. The Morgan fingerprint density at radius 3 is 2.75 bits per heavy atom. The van der Waals surface area contributed by atoms with E-state index in [0.29, 0.717) is 6.04 Å². The maximum Gasteiger partial charge on any atom is 0.0231 e. The smallest absolute Gasteiger partial charge is 0.0231 e. The highest BCUT2D eigenvalue weighted by atomic mass is 15.1. The lowest BCUT2D eigenvalue weighted by Gasteiger charge is -2.28. The van der Waals surface area contributed by atoms with Crippen LogP contribution in [0.1, 0.15) is 24.8 Å². The van der Waals surface area contributed by atoms with Crippen molar-refractivity contribution < 1.29 is 0 Å². The van der Waals surface area contributed by atoms with Gasteiger partial charge in [0.2, 0.25) is 0 Å². The Kier molecular flexibility index (Phi) is 4.37. The summed E-state index contributed by atoms with van der Waals surface area (Å²) in [6, 6.07) is 11.4. The molecule has 0 amide bonds. The zero-order chi connectivity index (χ0) is 11.2. The van der Waals surface area contributed by atoms with Crippen LogP contribution in [0.15, 0.2) is 30.3 Å². The van der Waals surface area contributed by atoms with Gasteiger partial charge in [0.05, 0.1) is 0 Å². The summed E-state index contributed by atoms with van der Waals surface area (Å²) in [7, 11) is 2.21. The van der Waals surface area contributed by atoms with E-state index in [1.165, 1.54) is 31.4 Å². The second-order valence-corrected chi connectivity index (χ2v) is 4.83. The van der Waals surface area contributed by atoms with Crippen molar-refractivity contribution in [3.05, 3.63) is 35.9 Å². The van der Waals surface area contributed by atoms with Crippen LogP contribution in [0.2, 0.25) is 0 Å².